The molecule has 0 spiro atoms. The van der Waals surface area contributed by atoms with E-state index in [9.17, 15) is 33.9 Å². The molecule has 2 fully saturated rings. The van der Waals surface area contributed by atoms with Crippen LogP contribution in [0.15, 0.2) is 23.3 Å². The van der Waals surface area contributed by atoms with E-state index >= 15 is 0 Å². The molecule has 2 aliphatic heterocycles. The number of piperidine rings is 2. The molecular weight excluding hydrogens is 860 g/mol. The second-order valence-corrected chi connectivity index (χ2v) is 21.7. The number of carbonyl (C=O) groups excluding carboxylic acids is 5. The maximum absolute atomic E-state index is 13.8. The van der Waals surface area contributed by atoms with Gasteiger partial charge in [0.05, 0.1) is 30.8 Å². The second kappa shape index (κ2) is 30.5. The second-order valence-electron chi connectivity index (χ2n) is 21.7. The Morgan fingerprint density at radius 1 is 0.647 bits per heavy atom. The number of ether oxygens (including phenoxy) is 1. The maximum Gasteiger partial charge on any atom is 1.00 e. The number of nitrogens with one attached hydrogen (secondary N) is 2. The third-order valence-electron chi connectivity index (χ3n) is 13.5. The molecule has 0 aromatic heterocycles. The molecule has 0 saturated carbocycles. The van der Waals surface area contributed by atoms with Crippen LogP contribution in [0, 0.1) is 22.7 Å². The van der Waals surface area contributed by atoms with Crippen molar-refractivity contribution in [3.05, 3.63) is 23.3 Å². The van der Waals surface area contributed by atoms with Gasteiger partial charge in [0, 0.05) is 37.3 Å². The number of likely N-dealkylation sites (N-methyl/N-ethyl adjacent to an activating group) is 2. The van der Waals surface area contributed by atoms with Crippen molar-refractivity contribution in [1.29, 1.82) is 0 Å². The van der Waals surface area contributed by atoms with Gasteiger partial charge in [-0.1, -0.05) is 108 Å². The van der Waals surface area contributed by atoms with E-state index in [-0.39, 0.29) is 95.5 Å². The standard InChI is InChI=1S/C27H49N3O4.C25H45N3O4.Li.H2O/c1-11-20(6)30-16-14-13-15-21(30)24(31)28-23(27(7,8)9)25(32)29(10)22(18(3)4)17-19(5)26(33)34-12-2;1-10-18(5)28-14-12-11-13-19(28)22(29)26-21(25(6,7)8)23(30)27(9)20(16(2)3)15-17(4)24(31)32;;/h17-18,20-23H,11-16H2,1-10H3,(H,28,31);15-16,18-21H,10-14H2,1-9H3,(H,26,29)(H,31,32);;1H2/q;;+1;/p-1/b19-17+;17-15+;;/t20?,21?,22-,23?;18?,19?,20-,21?;;/m11../s1. The van der Waals surface area contributed by atoms with Gasteiger partial charge in [-0.25, -0.2) is 9.59 Å². The van der Waals surface area contributed by atoms with Gasteiger partial charge in [-0.3, -0.25) is 29.0 Å². The fourth-order valence-electron chi connectivity index (χ4n) is 8.87. The molecule has 4 amide bonds. The van der Waals surface area contributed by atoms with Gasteiger partial charge in [0.1, 0.15) is 12.1 Å². The van der Waals surface area contributed by atoms with Gasteiger partial charge in [0.25, 0.3) is 0 Å². The van der Waals surface area contributed by atoms with Crippen LogP contribution in [0.1, 0.15) is 169 Å². The van der Waals surface area contributed by atoms with Crippen molar-refractivity contribution in [2.24, 2.45) is 22.7 Å². The van der Waals surface area contributed by atoms with Gasteiger partial charge < -0.3 is 35.8 Å². The third-order valence-corrected chi connectivity index (χ3v) is 13.5. The van der Waals surface area contributed by atoms with E-state index in [1.807, 2.05) is 69.2 Å². The van der Waals surface area contributed by atoms with Crippen molar-refractivity contribution < 1.29 is 62.9 Å². The minimum Gasteiger partial charge on any atom is -0.870 e. The van der Waals surface area contributed by atoms with Crippen molar-refractivity contribution in [3.63, 3.8) is 0 Å². The van der Waals surface area contributed by atoms with E-state index in [0.29, 0.717) is 24.3 Å². The van der Waals surface area contributed by atoms with Crippen LogP contribution in [0.5, 0.6) is 0 Å². The van der Waals surface area contributed by atoms with Crippen molar-refractivity contribution >= 4 is 35.6 Å². The number of hydrogen-bond donors (Lipinski definition) is 3. The number of hydrogen-bond acceptors (Lipinski definition) is 10. The van der Waals surface area contributed by atoms with E-state index in [2.05, 4.69) is 48.1 Å². The fourth-order valence-corrected chi connectivity index (χ4v) is 8.87. The molecule has 2 aliphatic rings. The van der Waals surface area contributed by atoms with Crippen molar-refractivity contribution in [2.45, 2.75) is 217 Å². The number of likely N-dealkylation sites (tertiary alicyclic amines) is 2. The van der Waals surface area contributed by atoms with Crippen LogP contribution in [0.4, 0.5) is 0 Å². The van der Waals surface area contributed by atoms with Crippen LogP contribution in [-0.2, 0) is 33.5 Å². The molecule has 8 atom stereocenters. The molecule has 0 bridgehead atoms. The first-order valence-corrected chi connectivity index (χ1v) is 24.9. The minimum atomic E-state index is -1.00. The Hall–Kier alpha value is -3.22. The van der Waals surface area contributed by atoms with Gasteiger partial charge in [0.2, 0.25) is 23.6 Å². The zero-order valence-corrected chi connectivity index (χ0v) is 46.2. The van der Waals surface area contributed by atoms with E-state index in [0.717, 1.165) is 64.5 Å². The minimum absolute atomic E-state index is 0. The van der Waals surface area contributed by atoms with Crippen LogP contribution in [0.3, 0.4) is 0 Å². The molecule has 0 aliphatic carbocycles. The van der Waals surface area contributed by atoms with Gasteiger partial charge in [-0.15, -0.1) is 0 Å². The number of carboxylic acid groups (broad SMARTS) is 1. The SMILES string of the molecule is CCC(C)N1CCCCC1C(=O)NC(C(=O)N(C)[C@H](/C=C(\C)C(=O)O)C(C)C)C(C)(C)C.CCOC(=O)/C(C)=C/[C@H](C(C)C)N(C)C(=O)C(NC(=O)C1CCCCN1C(C)CC)C(C)(C)C.[Li+].[OH-]. The van der Waals surface area contributed by atoms with Crippen molar-refractivity contribution in [2.75, 3.05) is 33.8 Å². The normalized spacial score (nSPS) is 20.1. The molecule has 16 heteroatoms. The van der Waals surface area contributed by atoms with Crippen LogP contribution >= 0.6 is 0 Å². The molecular formula is C52H95LiN6O9. The summed E-state index contributed by atoms with van der Waals surface area (Å²) < 4.78 is 5.11. The average molecular weight is 955 g/mol. The molecule has 6 unspecified atom stereocenters. The van der Waals surface area contributed by atoms with Crippen LogP contribution in [0.2, 0.25) is 0 Å². The maximum atomic E-state index is 13.8. The summed E-state index contributed by atoms with van der Waals surface area (Å²) in [6.45, 7) is 35.4. The molecule has 388 valence electrons. The summed E-state index contributed by atoms with van der Waals surface area (Å²) in [4.78, 5) is 85.5. The summed E-state index contributed by atoms with van der Waals surface area (Å²) in [7, 11) is 3.44. The zero-order chi connectivity index (χ0) is 51.0. The monoisotopic (exact) mass is 955 g/mol. The van der Waals surface area contributed by atoms with Crippen molar-refractivity contribution in [3.8, 4) is 0 Å². The molecule has 15 nitrogen and oxygen atoms in total. The van der Waals surface area contributed by atoms with Crippen LogP contribution in [0.25, 0.3) is 0 Å². The summed E-state index contributed by atoms with van der Waals surface area (Å²) in [6.07, 6.45) is 11.2. The summed E-state index contributed by atoms with van der Waals surface area (Å²) in [5.41, 5.74) is -0.295. The molecule has 0 radical (unpaired) electrons. The molecule has 0 aromatic carbocycles. The zero-order valence-electron chi connectivity index (χ0n) is 46.2. The first-order chi connectivity index (χ1) is 30.5. The smallest absolute Gasteiger partial charge is 0.870 e. The Bertz CT molecular complexity index is 1670. The molecule has 4 N–H and O–H groups in total. The molecule has 2 rings (SSSR count). The first kappa shape index (κ1) is 66.9. The van der Waals surface area contributed by atoms with Crippen LogP contribution < -0.4 is 29.5 Å². The molecule has 0 aromatic rings. The predicted molar refractivity (Wildman–Crippen MR) is 267 cm³/mol. The van der Waals surface area contributed by atoms with E-state index in [1.165, 1.54) is 6.92 Å². The Morgan fingerprint density at radius 3 is 1.26 bits per heavy atom. The third kappa shape index (κ3) is 19.9. The Morgan fingerprint density at radius 2 is 0.985 bits per heavy atom. The average Bonchev–Trinajstić information content (AvgIpc) is 3.25. The van der Waals surface area contributed by atoms with E-state index in [1.54, 1.807) is 49.9 Å². The van der Waals surface area contributed by atoms with Crippen LogP contribution in [-0.4, -0.2) is 148 Å². The fraction of sp³-hybridized carbons (Fsp3) is 0.808. The first-order valence-electron chi connectivity index (χ1n) is 24.9. The molecule has 68 heavy (non-hydrogen) atoms. The number of amides is 4. The Kier molecular flexibility index (Phi) is 30.0. The summed E-state index contributed by atoms with van der Waals surface area (Å²) >= 11 is 0. The number of rotatable bonds is 19. The largest absolute Gasteiger partial charge is 1.00 e. The predicted octanol–water partition coefficient (Wildman–Crippen LogP) is 4.67. The quantitative estimate of drug-likeness (QED) is 0.0924. The Balaban J connectivity index is 0. The number of carbonyl (C=O) groups is 6. The van der Waals surface area contributed by atoms with Gasteiger partial charge in [0.15, 0.2) is 0 Å². The summed E-state index contributed by atoms with van der Waals surface area (Å²) in [6, 6.07) is -1.87. The summed E-state index contributed by atoms with van der Waals surface area (Å²) in [5, 5.41) is 15.5. The number of aliphatic carboxylic acids is 1. The van der Waals surface area contributed by atoms with Gasteiger partial charge in [-0.05, 0) is 109 Å². The van der Waals surface area contributed by atoms with Crippen molar-refractivity contribution in [1.82, 2.24) is 30.2 Å². The summed E-state index contributed by atoms with van der Waals surface area (Å²) in [5.74, 6) is -1.80. The van der Waals surface area contributed by atoms with Gasteiger partial charge >= 0.3 is 30.8 Å². The number of esters is 1. The number of nitrogens with zero attached hydrogens (tertiary/aromatic N) is 4. The Labute approximate surface area is 424 Å². The molecule has 2 heterocycles. The topological polar surface area (TPSA) is 199 Å². The van der Waals surface area contributed by atoms with E-state index < -0.39 is 28.9 Å². The van der Waals surface area contributed by atoms with Gasteiger partial charge in [-0.2, -0.15) is 0 Å². The van der Waals surface area contributed by atoms with E-state index in [4.69, 9.17) is 4.74 Å². The molecule has 2 saturated heterocycles. The number of carboxylic acids is 1.